The van der Waals surface area contributed by atoms with Crippen LogP contribution in [0.15, 0.2) is 42.5 Å². The van der Waals surface area contributed by atoms with E-state index in [2.05, 4.69) is 11.8 Å². The minimum absolute atomic E-state index is 0.497. The highest BCUT2D eigenvalue weighted by molar-refractivity contribution is 6.30. The smallest absolute Gasteiger partial charge is 0.120 e. The first-order chi connectivity index (χ1) is 10.2. The van der Waals surface area contributed by atoms with Gasteiger partial charge in [0.1, 0.15) is 12.4 Å². The third-order valence-corrected chi connectivity index (χ3v) is 3.36. The highest BCUT2D eigenvalue weighted by Gasteiger charge is 2.00. The van der Waals surface area contributed by atoms with Gasteiger partial charge in [0.15, 0.2) is 0 Å². The molecule has 2 rings (SSSR count). The summed E-state index contributed by atoms with van der Waals surface area (Å²) in [5.41, 5.74) is 3.15. The van der Waals surface area contributed by atoms with Crippen molar-refractivity contribution >= 4 is 23.2 Å². The van der Waals surface area contributed by atoms with Crippen LogP contribution in [0.5, 0.6) is 5.75 Å². The fourth-order valence-corrected chi connectivity index (χ4v) is 2.17. The highest BCUT2D eigenvalue weighted by atomic mass is 35.5. The molecule has 0 aliphatic heterocycles. The first-order valence-corrected chi connectivity index (χ1v) is 7.63. The molecule has 0 heterocycles. The monoisotopic (exact) mass is 318 g/mol. The minimum Gasteiger partial charge on any atom is -0.489 e. The van der Waals surface area contributed by atoms with Crippen molar-refractivity contribution in [3.8, 4) is 17.6 Å². The number of alkyl halides is 1. The van der Waals surface area contributed by atoms with Crippen LogP contribution in [-0.2, 0) is 6.61 Å². The van der Waals surface area contributed by atoms with E-state index in [0.717, 1.165) is 27.5 Å². The van der Waals surface area contributed by atoms with Gasteiger partial charge < -0.3 is 4.74 Å². The summed E-state index contributed by atoms with van der Waals surface area (Å²) in [6.45, 7) is 2.52. The molecule has 0 radical (unpaired) electrons. The Kier molecular flexibility index (Phi) is 5.99. The summed E-state index contributed by atoms with van der Waals surface area (Å²) in [4.78, 5) is 0. The SMILES string of the molecule is Cc1cc(OCc2cccc(Cl)c2)ccc1C#CCCCl. The van der Waals surface area contributed by atoms with Gasteiger partial charge in [0.2, 0.25) is 0 Å². The predicted molar refractivity (Wildman–Crippen MR) is 89.2 cm³/mol. The molecule has 0 aliphatic rings. The summed E-state index contributed by atoms with van der Waals surface area (Å²) < 4.78 is 5.78. The molecule has 0 fully saturated rings. The van der Waals surface area contributed by atoms with E-state index >= 15 is 0 Å². The first-order valence-electron chi connectivity index (χ1n) is 6.72. The second-order valence-corrected chi connectivity index (χ2v) is 5.45. The van der Waals surface area contributed by atoms with Crippen molar-refractivity contribution in [3.05, 3.63) is 64.2 Å². The van der Waals surface area contributed by atoms with Gasteiger partial charge in [-0.2, -0.15) is 0 Å². The van der Waals surface area contributed by atoms with Crippen molar-refractivity contribution < 1.29 is 4.74 Å². The van der Waals surface area contributed by atoms with Crippen molar-refractivity contribution in [2.24, 2.45) is 0 Å². The molecule has 0 N–H and O–H groups in total. The zero-order chi connectivity index (χ0) is 15.1. The van der Waals surface area contributed by atoms with Crippen LogP contribution in [0.3, 0.4) is 0 Å². The molecule has 0 aliphatic carbocycles. The Morgan fingerprint density at radius 3 is 2.71 bits per heavy atom. The summed E-state index contributed by atoms with van der Waals surface area (Å²) in [6, 6.07) is 13.6. The van der Waals surface area contributed by atoms with Gasteiger partial charge in [-0.05, 0) is 48.4 Å². The van der Waals surface area contributed by atoms with Crippen LogP contribution in [0.25, 0.3) is 0 Å². The van der Waals surface area contributed by atoms with Crippen LogP contribution >= 0.6 is 23.2 Å². The number of halogens is 2. The molecule has 0 atom stereocenters. The van der Waals surface area contributed by atoms with Gasteiger partial charge >= 0.3 is 0 Å². The number of benzene rings is 2. The van der Waals surface area contributed by atoms with E-state index in [-0.39, 0.29) is 0 Å². The number of hydrogen-bond acceptors (Lipinski definition) is 1. The fraction of sp³-hybridized carbons (Fsp3) is 0.222. The minimum atomic E-state index is 0.497. The number of aryl methyl sites for hydroxylation is 1. The van der Waals surface area contributed by atoms with Crippen molar-refractivity contribution in [2.45, 2.75) is 20.0 Å². The van der Waals surface area contributed by atoms with Crippen molar-refractivity contribution in [3.63, 3.8) is 0 Å². The number of hydrogen-bond donors (Lipinski definition) is 0. The van der Waals surface area contributed by atoms with Crippen LogP contribution in [0.2, 0.25) is 5.02 Å². The molecule has 2 aromatic rings. The van der Waals surface area contributed by atoms with E-state index in [0.29, 0.717) is 18.9 Å². The molecule has 0 saturated heterocycles. The van der Waals surface area contributed by atoms with Gasteiger partial charge in [-0.1, -0.05) is 35.6 Å². The summed E-state index contributed by atoms with van der Waals surface area (Å²) in [5, 5.41) is 0.720. The lowest BCUT2D eigenvalue weighted by molar-refractivity contribution is 0.306. The molecule has 0 saturated carbocycles. The quantitative estimate of drug-likeness (QED) is 0.555. The first kappa shape index (κ1) is 15.8. The lowest BCUT2D eigenvalue weighted by Gasteiger charge is -2.08. The Morgan fingerprint density at radius 1 is 1.14 bits per heavy atom. The standard InChI is InChI=1S/C18H16Cl2O/c1-14-11-18(9-8-16(14)6-2-3-10-19)21-13-15-5-4-7-17(20)12-15/h4-5,7-9,11-12H,3,10,13H2,1H3. The Balaban J connectivity index is 2.02. The van der Waals surface area contributed by atoms with Gasteiger partial charge in [0.05, 0.1) is 0 Å². The van der Waals surface area contributed by atoms with Crippen molar-refractivity contribution in [2.75, 3.05) is 5.88 Å². The van der Waals surface area contributed by atoms with E-state index < -0.39 is 0 Å². The van der Waals surface area contributed by atoms with Crippen LogP contribution in [0.1, 0.15) is 23.1 Å². The number of ether oxygens (including phenoxy) is 1. The molecule has 0 unspecified atom stereocenters. The lowest BCUT2D eigenvalue weighted by atomic mass is 10.1. The third-order valence-electron chi connectivity index (χ3n) is 2.93. The Hall–Kier alpha value is -1.62. The van der Waals surface area contributed by atoms with E-state index in [1.165, 1.54) is 0 Å². The molecule has 3 heteroatoms. The summed E-state index contributed by atoms with van der Waals surface area (Å²) in [5.74, 6) is 7.54. The zero-order valence-corrected chi connectivity index (χ0v) is 13.3. The Labute approximate surface area is 135 Å². The van der Waals surface area contributed by atoms with Gasteiger partial charge in [0, 0.05) is 22.9 Å². The molecular formula is C18H16Cl2O. The maximum Gasteiger partial charge on any atom is 0.120 e. The molecule has 2 aromatic carbocycles. The normalized spacial score (nSPS) is 9.86. The van der Waals surface area contributed by atoms with Crippen LogP contribution in [0.4, 0.5) is 0 Å². The molecule has 0 bridgehead atoms. The second-order valence-electron chi connectivity index (χ2n) is 4.64. The van der Waals surface area contributed by atoms with Crippen LogP contribution < -0.4 is 4.74 Å². The number of rotatable bonds is 4. The maximum absolute atomic E-state index is 5.95. The second kappa shape index (κ2) is 7.98. The van der Waals surface area contributed by atoms with E-state index in [1.807, 2.05) is 49.4 Å². The third kappa shape index (κ3) is 5.01. The topological polar surface area (TPSA) is 9.23 Å². The van der Waals surface area contributed by atoms with Gasteiger partial charge in [-0.3, -0.25) is 0 Å². The summed E-state index contributed by atoms with van der Waals surface area (Å²) >= 11 is 11.6. The Morgan fingerprint density at radius 2 is 2.00 bits per heavy atom. The largest absolute Gasteiger partial charge is 0.489 e. The molecular weight excluding hydrogens is 303 g/mol. The van der Waals surface area contributed by atoms with Crippen LogP contribution in [-0.4, -0.2) is 5.88 Å². The van der Waals surface area contributed by atoms with Crippen LogP contribution in [0, 0.1) is 18.8 Å². The van der Waals surface area contributed by atoms with Crippen molar-refractivity contribution in [1.29, 1.82) is 0 Å². The lowest BCUT2D eigenvalue weighted by Crippen LogP contribution is -1.96. The molecule has 1 nitrogen and oxygen atoms in total. The Bertz CT molecular complexity index is 668. The zero-order valence-electron chi connectivity index (χ0n) is 11.8. The average Bonchev–Trinajstić information content (AvgIpc) is 2.47. The summed E-state index contributed by atoms with van der Waals surface area (Å²) in [6.07, 6.45) is 0.702. The predicted octanol–water partition coefficient (Wildman–Crippen LogP) is 5.21. The van der Waals surface area contributed by atoms with Crippen molar-refractivity contribution in [1.82, 2.24) is 0 Å². The molecule has 21 heavy (non-hydrogen) atoms. The van der Waals surface area contributed by atoms with E-state index in [1.54, 1.807) is 0 Å². The maximum atomic E-state index is 5.95. The summed E-state index contributed by atoms with van der Waals surface area (Å²) in [7, 11) is 0. The van der Waals surface area contributed by atoms with Gasteiger partial charge in [0.25, 0.3) is 0 Å². The molecule has 108 valence electrons. The molecule has 0 spiro atoms. The van der Waals surface area contributed by atoms with Gasteiger partial charge in [-0.25, -0.2) is 0 Å². The molecule has 0 amide bonds. The fourth-order valence-electron chi connectivity index (χ4n) is 1.86. The molecule has 0 aromatic heterocycles. The van der Waals surface area contributed by atoms with E-state index in [9.17, 15) is 0 Å². The van der Waals surface area contributed by atoms with E-state index in [4.69, 9.17) is 27.9 Å². The average molecular weight is 319 g/mol. The highest BCUT2D eigenvalue weighted by Crippen LogP contribution is 2.19. The van der Waals surface area contributed by atoms with Gasteiger partial charge in [-0.15, -0.1) is 11.6 Å².